The Morgan fingerprint density at radius 1 is 1.10 bits per heavy atom. The molecule has 0 aliphatic rings. The summed E-state index contributed by atoms with van der Waals surface area (Å²) in [4.78, 5) is 0. The minimum absolute atomic E-state index is 0.263. The first-order valence-electron chi connectivity index (χ1n) is 6.93. The van der Waals surface area contributed by atoms with E-state index < -0.39 is 0 Å². The zero-order valence-electron chi connectivity index (χ0n) is 11.8. The van der Waals surface area contributed by atoms with Gasteiger partial charge in [-0.1, -0.05) is 0 Å². The Labute approximate surface area is 122 Å². The van der Waals surface area contributed by atoms with E-state index in [0.717, 1.165) is 28.8 Å². The van der Waals surface area contributed by atoms with Gasteiger partial charge in [0, 0.05) is 23.1 Å². The van der Waals surface area contributed by atoms with Gasteiger partial charge in [-0.25, -0.2) is 4.39 Å². The third-order valence-corrected chi connectivity index (χ3v) is 3.53. The van der Waals surface area contributed by atoms with E-state index in [0.29, 0.717) is 12.4 Å². The maximum absolute atomic E-state index is 12.9. The highest BCUT2D eigenvalue weighted by Gasteiger charge is 2.08. The second kappa shape index (κ2) is 5.48. The van der Waals surface area contributed by atoms with Crippen LogP contribution in [0.1, 0.15) is 12.6 Å². The topological polar surface area (TPSA) is 40.2 Å². The molecule has 4 heteroatoms. The molecule has 1 aromatic heterocycles. The summed E-state index contributed by atoms with van der Waals surface area (Å²) < 4.78 is 20.8. The van der Waals surface area contributed by atoms with E-state index in [1.807, 2.05) is 18.2 Å². The lowest BCUT2D eigenvalue weighted by Crippen LogP contribution is -2.04. The van der Waals surface area contributed by atoms with E-state index in [-0.39, 0.29) is 5.82 Å². The molecule has 2 aromatic carbocycles. The average molecular weight is 284 g/mol. The van der Waals surface area contributed by atoms with Crippen LogP contribution in [0.4, 0.5) is 10.1 Å². The molecule has 0 spiro atoms. The molecule has 21 heavy (non-hydrogen) atoms. The number of benzene rings is 2. The predicted molar refractivity (Wildman–Crippen MR) is 82.8 cm³/mol. The Morgan fingerprint density at radius 3 is 2.57 bits per heavy atom. The molecular weight excluding hydrogens is 267 g/mol. The minimum atomic E-state index is -0.263. The van der Waals surface area contributed by atoms with E-state index in [1.54, 1.807) is 12.1 Å². The first-order valence-corrected chi connectivity index (χ1v) is 6.93. The summed E-state index contributed by atoms with van der Waals surface area (Å²) in [6.07, 6.45) is 0. The summed E-state index contributed by atoms with van der Waals surface area (Å²) in [5.41, 5.74) is 8.79. The van der Waals surface area contributed by atoms with Gasteiger partial charge in [-0.05, 0) is 55.5 Å². The van der Waals surface area contributed by atoms with Crippen molar-refractivity contribution >= 4 is 16.6 Å². The molecule has 3 nitrogen and oxygen atoms in total. The van der Waals surface area contributed by atoms with Crippen molar-refractivity contribution in [1.29, 1.82) is 0 Å². The summed E-state index contributed by atoms with van der Waals surface area (Å²) >= 11 is 0. The standard InChI is InChI=1S/C17H17FN2O/c1-2-20-15(10-12-9-14(19)5-8-17(12)20)11-21-16-6-3-13(18)4-7-16/h3-10H,2,11,19H2,1H3. The van der Waals surface area contributed by atoms with Crippen molar-refractivity contribution in [3.8, 4) is 5.75 Å². The van der Waals surface area contributed by atoms with Gasteiger partial charge in [-0.15, -0.1) is 0 Å². The molecule has 0 fully saturated rings. The maximum atomic E-state index is 12.9. The van der Waals surface area contributed by atoms with Gasteiger partial charge in [-0.2, -0.15) is 0 Å². The van der Waals surface area contributed by atoms with Crippen molar-refractivity contribution in [2.45, 2.75) is 20.1 Å². The fraction of sp³-hybridized carbons (Fsp3) is 0.176. The van der Waals surface area contributed by atoms with Crippen LogP contribution in [0.25, 0.3) is 10.9 Å². The number of aromatic nitrogens is 1. The molecule has 0 saturated heterocycles. The monoisotopic (exact) mass is 284 g/mol. The number of fused-ring (bicyclic) bond motifs is 1. The summed E-state index contributed by atoms with van der Waals surface area (Å²) in [6.45, 7) is 3.39. The number of anilines is 1. The van der Waals surface area contributed by atoms with Crippen LogP contribution in [-0.4, -0.2) is 4.57 Å². The van der Waals surface area contributed by atoms with Gasteiger partial charge in [-0.3, -0.25) is 0 Å². The van der Waals surface area contributed by atoms with Crippen molar-refractivity contribution in [3.63, 3.8) is 0 Å². The average Bonchev–Trinajstić information content (AvgIpc) is 2.83. The summed E-state index contributed by atoms with van der Waals surface area (Å²) in [7, 11) is 0. The van der Waals surface area contributed by atoms with Crippen molar-refractivity contribution < 1.29 is 9.13 Å². The van der Waals surface area contributed by atoms with Gasteiger partial charge in [0.1, 0.15) is 18.2 Å². The fourth-order valence-electron chi connectivity index (χ4n) is 2.53. The van der Waals surface area contributed by atoms with Gasteiger partial charge in [0.15, 0.2) is 0 Å². The third kappa shape index (κ3) is 2.70. The Hall–Kier alpha value is -2.49. The van der Waals surface area contributed by atoms with Crippen LogP contribution >= 0.6 is 0 Å². The van der Waals surface area contributed by atoms with E-state index in [4.69, 9.17) is 10.5 Å². The number of ether oxygens (including phenoxy) is 1. The molecule has 0 radical (unpaired) electrons. The molecule has 3 rings (SSSR count). The van der Waals surface area contributed by atoms with Crippen molar-refractivity contribution in [3.05, 3.63) is 60.0 Å². The lowest BCUT2D eigenvalue weighted by Gasteiger charge is -2.10. The zero-order valence-corrected chi connectivity index (χ0v) is 11.8. The lowest BCUT2D eigenvalue weighted by atomic mass is 10.2. The third-order valence-electron chi connectivity index (χ3n) is 3.53. The van der Waals surface area contributed by atoms with Gasteiger partial charge >= 0.3 is 0 Å². The van der Waals surface area contributed by atoms with Gasteiger partial charge in [0.25, 0.3) is 0 Å². The first-order chi connectivity index (χ1) is 10.2. The smallest absolute Gasteiger partial charge is 0.128 e. The second-order valence-corrected chi connectivity index (χ2v) is 4.94. The van der Waals surface area contributed by atoms with Crippen LogP contribution < -0.4 is 10.5 Å². The fourth-order valence-corrected chi connectivity index (χ4v) is 2.53. The minimum Gasteiger partial charge on any atom is -0.487 e. The number of hydrogen-bond acceptors (Lipinski definition) is 2. The largest absolute Gasteiger partial charge is 0.487 e. The molecule has 0 aliphatic carbocycles. The quantitative estimate of drug-likeness (QED) is 0.737. The molecular formula is C17H17FN2O. The molecule has 0 saturated carbocycles. The van der Waals surface area contributed by atoms with E-state index in [9.17, 15) is 4.39 Å². The molecule has 2 N–H and O–H groups in total. The molecule has 0 atom stereocenters. The van der Waals surface area contributed by atoms with Crippen LogP contribution in [0.3, 0.4) is 0 Å². The van der Waals surface area contributed by atoms with E-state index in [2.05, 4.69) is 17.6 Å². The van der Waals surface area contributed by atoms with Crippen molar-refractivity contribution in [2.24, 2.45) is 0 Å². The van der Waals surface area contributed by atoms with Crippen LogP contribution in [0.15, 0.2) is 48.5 Å². The van der Waals surface area contributed by atoms with Crippen LogP contribution in [-0.2, 0) is 13.2 Å². The number of aryl methyl sites for hydroxylation is 1. The number of halogens is 1. The molecule has 3 aromatic rings. The molecule has 0 bridgehead atoms. The Kier molecular flexibility index (Phi) is 3.52. The van der Waals surface area contributed by atoms with Crippen molar-refractivity contribution in [1.82, 2.24) is 4.57 Å². The van der Waals surface area contributed by atoms with Crippen molar-refractivity contribution in [2.75, 3.05) is 5.73 Å². The van der Waals surface area contributed by atoms with Crippen LogP contribution in [0, 0.1) is 5.82 Å². The van der Waals surface area contributed by atoms with Gasteiger partial charge in [0.05, 0.1) is 5.69 Å². The highest BCUT2D eigenvalue weighted by molar-refractivity contribution is 5.84. The lowest BCUT2D eigenvalue weighted by molar-refractivity contribution is 0.295. The molecule has 0 unspecified atom stereocenters. The Balaban J connectivity index is 1.87. The van der Waals surface area contributed by atoms with E-state index in [1.165, 1.54) is 12.1 Å². The SMILES string of the molecule is CCn1c(COc2ccc(F)cc2)cc2cc(N)ccc21. The molecule has 0 amide bonds. The molecule has 1 heterocycles. The van der Waals surface area contributed by atoms with Crippen LogP contribution in [0.5, 0.6) is 5.75 Å². The number of rotatable bonds is 4. The summed E-state index contributed by atoms with van der Waals surface area (Å²) in [5, 5.41) is 1.11. The zero-order chi connectivity index (χ0) is 14.8. The van der Waals surface area contributed by atoms with E-state index >= 15 is 0 Å². The normalized spacial score (nSPS) is 11.0. The second-order valence-electron chi connectivity index (χ2n) is 4.94. The summed E-state index contributed by atoms with van der Waals surface area (Å²) in [6, 6.07) is 14.0. The Morgan fingerprint density at radius 2 is 1.86 bits per heavy atom. The van der Waals surface area contributed by atoms with Gasteiger partial charge in [0.2, 0.25) is 0 Å². The van der Waals surface area contributed by atoms with Gasteiger partial charge < -0.3 is 15.0 Å². The highest BCUT2D eigenvalue weighted by atomic mass is 19.1. The number of hydrogen-bond donors (Lipinski definition) is 1. The first kappa shape index (κ1) is 13.5. The molecule has 0 aliphatic heterocycles. The summed E-state index contributed by atoms with van der Waals surface area (Å²) in [5.74, 6) is 0.393. The van der Waals surface area contributed by atoms with Crippen LogP contribution in [0.2, 0.25) is 0 Å². The Bertz CT molecular complexity index is 762. The maximum Gasteiger partial charge on any atom is 0.128 e. The molecule has 108 valence electrons. The number of nitrogens with two attached hydrogens (primary N) is 1. The number of nitrogen functional groups attached to an aromatic ring is 1. The number of nitrogens with zero attached hydrogens (tertiary/aromatic N) is 1. The highest BCUT2D eigenvalue weighted by Crippen LogP contribution is 2.23. The predicted octanol–water partition coefficient (Wildman–Crippen LogP) is 3.96.